The van der Waals surface area contributed by atoms with Gasteiger partial charge in [-0.2, -0.15) is 0 Å². The molecule has 1 rings (SSSR count). The Morgan fingerprint density at radius 3 is 2.65 bits per heavy atom. The van der Waals surface area contributed by atoms with E-state index in [9.17, 15) is 0 Å². The lowest BCUT2D eigenvalue weighted by Gasteiger charge is -2.16. The first-order valence-electron chi connectivity index (χ1n) is 7.85. The zero-order valence-corrected chi connectivity index (χ0v) is 18.2. The van der Waals surface area contributed by atoms with Gasteiger partial charge in [0.05, 0.1) is 17.3 Å². The second-order valence-electron chi connectivity index (χ2n) is 6.39. The van der Waals surface area contributed by atoms with E-state index in [0.29, 0.717) is 6.61 Å². The molecule has 0 amide bonds. The molecule has 0 bridgehead atoms. The molecule has 23 heavy (non-hydrogen) atoms. The van der Waals surface area contributed by atoms with E-state index < -0.39 is 0 Å². The molecule has 134 valence electrons. The summed E-state index contributed by atoms with van der Waals surface area (Å²) in [5, 5.41) is 9.89. The van der Waals surface area contributed by atoms with Gasteiger partial charge in [-0.25, -0.2) is 4.98 Å². The summed E-state index contributed by atoms with van der Waals surface area (Å²) >= 11 is 1.72. The van der Waals surface area contributed by atoms with E-state index in [0.717, 1.165) is 36.2 Å². The van der Waals surface area contributed by atoms with Gasteiger partial charge in [0.2, 0.25) is 0 Å². The number of ether oxygens (including phenoxy) is 1. The van der Waals surface area contributed by atoms with E-state index >= 15 is 0 Å². The molecule has 0 aromatic carbocycles. The molecule has 0 spiro atoms. The van der Waals surface area contributed by atoms with Gasteiger partial charge in [0, 0.05) is 43.5 Å². The van der Waals surface area contributed by atoms with E-state index in [2.05, 4.69) is 55.6 Å². The van der Waals surface area contributed by atoms with Crippen LogP contribution in [-0.4, -0.2) is 43.8 Å². The van der Waals surface area contributed by atoms with Crippen molar-refractivity contribution in [2.45, 2.75) is 52.5 Å². The van der Waals surface area contributed by atoms with Crippen LogP contribution in [0.3, 0.4) is 0 Å². The number of aliphatic imine (C=N–C) groups is 1. The highest BCUT2D eigenvalue weighted by Crippen LogP contribution is 2.23. The molecular weight excluding hydrogens is 423 g/mol. The number of nitrogens with one attached hydrogen (secondary N) is 2. The summed E-state index contributed by atoms with van der Waals surface area (Å²) in [5.41, 5.74) is 1.28. The number of nitrogens with zero attached hydrogens (tertiary/aromatic N) is 2. The molecule has 2 N–H and O–H groups in total. The highest BCUT2D eigenvalue weighted by molar-refractivity contribution is 14.0. The number of methoxy groups -OCH3 is 1. The molecule has 1 atom stereocenters. The molecule has 0 radical (unpaired) electrons. The molecule has 0 fully saturated rings. The number of hydrogen-bond donors (Lipinski definition) is 2. The van der Waals surface area contributed by atoms with Crippen LogP contribution in [0.5, 0.6) is 0 Å². The Bertz CT molecular complexity index is 471. The van der Waals surface area contributed by atoms with Crippen molar-refractivity contribution < 1.29 is 4.74 Å². The fraction of sp³-hybridized carbons (Fsp3) is 0.750. The average molecular weight is 454 g/mol. The van der Waals surface area contributed by atoms with E-state index in [1.54, 1.807) is 18.4 Å². The third-order valence-electron chi connectivity index (χ3n) is 3.06. The first kappa shape index (κ1) is 22.6. The van der Waals surface area contributed by atoms with Crippen LogP contribution in [0.4, 0.5) is 0 Å². The summed E-state index contributed by atoms with van der Waals surface area (Å²) in [6.07, 6.45) is 0.871. The van der Waals surface area contributed by atoms with Gasteiger partial charge in [-0.3, -0.25) is 4.99 Å². The summed E-state index contributed by atoms with van der Waals surface area (Å²) in [5.74, 6) is 0.833. The van der Waals surface area contributed by atoms with Gasteiger partial charge >= 0.3 is 0 Å². The normalized spacial score (nSPS) is 13.4. The molecule has 1 heterocycles. The smallest absolute Gasteiger partial charge is 0.191 e. The molecule has 1 aromatic heterocycles. The maximum atomic E-state index is 5.14. The van der Waals surface area contributed by atoms with Gasteiger partial charge in [-0.1, -0.05) is 20.8 Å². The molecule has 0 aliphatic carbocycles. The zero-order valence-electron chi connectivity index (χ0n) is 15.1. The molecule has 0 saturated carbocycles. The van der Waals surface area contributed by atoms with Crippen LogP contribution >= 0.6 is 35.3 Å². The van der Waals surface area contributed by atoms with E-state index in [1.807, 2.05) is 0 Å². The van der Waals surface area contributed by atoms with E-state index in [1.165, 1.54) is 0 Å². The molecule has 7 heteroatoms. The first-order valence-corrected chi connectivity index (χ1v) is 8.73. The fourth-order valence-electron chi connectivity index (χ4n) is 1.88. The Hall–Kier alpha value is -0.410. The number of hydrogen-bond acceptors (Lipinski definition) is 4. The fourth-order valence-corrected chi connectivity index (χ4v) is 2.89. The maximum absolute atomic E-state index is 5.14. The first-order chi connectivity index (χ1) is 10.4. The Labute approximate surface area is 161 Å². The number of halogens is 1. The molecule has 0 aliphatic rings. The van der Waals surface area contributed by atoms with Gasteiger partial charge in [0.15, 0.2) is 5.96 Å². The SMILES string of the molecule is CCNC(=NCCc1nc(C(C)(C)C)cs1)NC(C)COC.I. The Kier molecular flexibility index (Phi) is 11.0. The molecular formula is C16H31IN4OS. The predicted molar refractivity (Wildman–Crippen MR) is 110 cm³/mol. The van der Waals surface area contributed by atoms with Gasteiger partial charge in [0.25, 0.3) is 0 Å². The van der Waals surface area contributed by atoms with Crippen molar-refractivity contribution in [3.63, 3.8) is 0 Å². The molecule has 1 aromatic rings. The topological polar surface area (TPSA) is 58.5 Å². The number of rotatable bonds is 7. The summed E-state index contributed by atoms with van der Waals surface area (Å²) < 4.78 is 5.14. The number of thiazole rings is 1. The van der Waals surface area contributed by atoms with Crippen molar-refractivity contribution in [1.82, 2.24) is 15.6 Å². The third-order valence-corrected chi connectivity index (χ3v) is 3.97. The van der Waals surface area contributed by atoms with Crippen LogP contribution in [0.15, 0.2) is 10.4 Å². The van der Waals surface area contributed by atoms with Crippen LogP contribution in [0, 0.1) is 0 Å². The Morgan fingerprint density at radius 1 is 1.43 bits per heavy atom. The lowest BCUT2D eigenvalue weighted by molar-refractivity contribution is 0.179. The van der Waals surface area contributed by atoms with Crippen LogP contribution in [-0.2, 0) is 16.6 Å². The Morgan fingerprint density at radius 2 is 2.13 bits per heavy atom. The minimum Gasteiger partial charge on any atom is -0.383 e. The third kappa shape index (κ3) is 8.85. The van der Waals surface area contributed by atoms with Crippen LogP contribution in [0.1, 0.15) is 45.3 Å². The van der Waals surface area contributed by atoms with Crippen molar-refractivity contribution in [2.75, 3.05) is 26.8 Å². The summed E-state index contributed by atoms with van der Waals surface area (Å²) in [6.45, 7) is 12.9. The summed E-state index contributed by atoms with van der Waals surface area (Å²) in [6, 6.07) is 0.232. The van der Waals surface area contributed by atoms with E-state index in [-0.39, 0.29) is 35.4 Å². The summed E-state index contributed by atoms with van der Waals surface area (Å²) in [4.78, 5) is 9.31. The van der Waals surface area contributed by atoms with E-state index in [4.69, 9.17) is 9.72 Å². The largest absolute Gasteiger partial charge is 0.383 e. The van der Waals surface area contributed by atoms with Crippen molar-refractivity contribution in [3.8, 4) is 0 Å². The Balaban J connectivity index is 0.00000484. The van der Waals surface area contributed by atoms with Crippen molar-refractivity contribution >= 4 is 41.3 Å². The lowest BCUT2D eigenvalue weighted by atomic mass is 9.93. The molecule has 1 unspecified atom stereocenters. The standard InChI is InChI=1S/C16H30N4OS.HI/c1-7-17-15(19-12(2)10-21-6)18-9-8-14-20-13(11-22-14)16(3,4)5;/h11-12H,7-10H2,1-6H3,(H2,17,18,19);1H. The second-order valence-corrected chi connectivity index (χ2v) is 7.33. The van der Waals surface area contributed by atoms with Crippen LogP contribution in [0.25, 0.3) is 0 Å². The van der Waals surface area contributed by atoms with Crippen molar-refractivity contribution in [2.24, 2.45) is 4.99 Å². The lowest BCUT2D eigenvalue weighted by Crippen LogP contribution is -2.44. The predicted octanol–water partition coefficient (Wildman–Crippen LogP) is 3.19. The maximum Gasteiger partial charge on any atom is 0.191 e. The van der Waals surface area contributed by atoms with Gasteiger partial charge < -0.3 is 15.4 Å². The highest BCUT2D eigenvalue weighted by Gasteiger charge is 2.17. The van der Waals surface area contributed by atoms with Gasteiger partial charge in [-0.15, -0.1) is 35.3 Å². The minimum absolute atomic E-state index is 0. The van der Waals surface area contributed by atoms with Gasteiger partial charge in [-0.05, 0) is 13.8 Å². The van der Waals surface area contributed by atoms with Crippen molar-refractivity contribution in [3.05, 3.63) is 16.1 Å². The van der Waals surface area contributed by atoms with Crippen LogP contribution < -0.4 is 10.6 Å². The molecule has 5 nitrogen and oxygen atoms in total. The van der Waals surface area contributed by atoms with Crippen LogP contribution in [0.2, 0.25) is 0 Å². The quantitative estimate of drug-likeness (QED) is 0.378. The average Bonchev–Trinajstić information content (AvgIpc) is 2.88. The monoisotopic (exact) mass is 454 g/mol. The minimum atomic E-state index is 0. The molecule has 0 aliphatic heterocycles. The van der Waals surface area contributed by atoms with Crippen molar-refractivity contribution in [1.29, 1.82) is 0 Å². The molecule has 0 saturated heterocycles. The number of aromatic nitrogens is 1. The van der Waals surface area contributed by atoms with Gasteiger partial charge in [0.1, 0.15) is 0 Å². The summed E-state index contributed by atoms with van der Waals surface area (Å²) in [7, 11) is 1.71. The second kappa shape index (κ2) is 11.2. The highest BCUT2D eigenvalue weighted by atomic mass is 127. The zero-order chi connectivity index (χ0) is 16.6. The number of guanidine groups is 1.